The van der Waals surface area contributed by atoms with Crippen LogP contribution in [0.3, 0.4) is 0 Å². The first kappa shape index (κ1) is 22.4. The predicted molar refractivity (Wildman–Crippen MR) is 120 cm³/mol. The minimum atomic E-state index is -0.430. The number of benzene rings is 2. The first-order valence-corrected chi connectivity index (χ1v) is 10.8. The van der Waals surface area contributed by atoms with Gasteiger partial charge in [-0.2, -0.15) is 0 Å². The molecule has 1 amide bonds. The first-order chi connectivity index (χ1) is 15.0. The van der Waals surface area contributed by atoms with Crippen LogP contribution in [0.4, 0.5) is 16.5 Å². The molecular weight excluding hydrogens is 440 g/mol. The topological polar surface area (TPSA) is 112 Å². The number of esters is 1. The van der Waals surface area contributed by atoms with Gasteiger partial charge < -0.3 is 24.8 Å². The minimum Gasteiger partial charge on any atom is -0.497 e. The quantitative estimate of drug-likeness (QED) is 0.363. The molecule has 11 heteroatoms. The van der Waals surface area contributed by atoms with Crippen molar-refractivity contribution < 1.29 is 23.8 Å². The Morgan fingerprint density at radius 3 is 2.48 bits per heavy atom. The normalized spacial score (nSPS) is 10.3. The largest absolute Gasteiger partial charge is 0.497 e. The van der Waals surface area contributed by atoms with Crippen LogP contribution in [-0.4, -0.2) is 49.2 Å². The van der Waals surface area contributed by atoms with E-state index in [0.717, 1.165) is 0 Å². The lowest BCUT2D eigenvalue weighted by molar-refractivity contribution is -0.113. The first-order valence-electron chi connectivity index (χ1n) is 8.96. The van der Waals surface area contributed by atoms with Crippen LogP contribution in [0, 0.1) is 0 Å². The summed E-state index contributed by atoms with van der Waals surface area (Å²) in [6.07, 6.45) is 0. The highest BCUT2D eigenvalue weighted by Gasteiger charge is 2.12. The number of anilines is 3. The van der Waals surface area contributed by atoms with Crippen molar-refractivity contribution in [3.63, 3.8) is 0 Å². The molecule has 0 spiro atoms. The maximum absolute atomic E-state index is 12.2. The zero-order valence-electron chi connectivity index (χ0n) is 17.0. The number of rotatable bonds is 9. The molecule has 0 aliphatic heterocycles. The summed E-state index contributed by atoms with van der Waals surface area (Å²) in [5, 5.41) is 14.7. The van der Waals surface area contributed by atoms with Gasteiger partial charge in [-0.25, -0.2) is 4.79 Å². The van der Waals surface area contributed by atoms with Gasteiger partial charge in [0.25, 0.3) is 0 Å². The second-order valence-corrected chi connectivity index (χ2v) is 8.17. The lowest BCUT2D eigenvalue weighted by atomic mass is 10.2. The Labute approximate surface area is 187 Å². The number of carbonyl (C=O) groups excluding carboxylic acids is 2. The SMILES string of the molecule is COC(=O)c1ccc(NC(=O)CSc2nnc(Nc3cc(OC)ccc3OC)s2)cc1. The van der Waals surface area contributed by atoms with E-state index in [9.17, 15) is 9.59 Å². The summed E-state index contributed by atoms with van der Waals surface area (Å²) < 4.78 is 15.9. The molecule has 3 rings (SSSR count). The van der Waals surface area contributed by atoms with Gasteiger partial charge in [-0.3, -0.25) is 4.79 Å². The van der Waals surface area contributed by atoms with Crippen molar-refractivity contribution in [2.45, 2.75) is 4.34 Å². The van der Waals surface area contributed by atoms with Gasteiger partial charge in [-0.15, -0.1) is 10.2 Å². The molecule has 0 saturated heterocycles. The Balaban J connectivity index is 1.54. The van der Waals surface area contributed by atoms with Crippen LogP contribution in [0.5, 0.6) is 11.5 Å². The molecule has 0 bridgehead atoms. The number of hydrogen-bond acceptors (Lipinski definition) is 10. The number of carbonyl (C=O) groups is 2. The van der Waals surface area contributed by atoms with Crippen molar-refractivity contribution in [1.82, 2.24) is 10.2 Å². The lowest BCUT2D eigenvalue weighted by Gasteiger charge is -2.10. The van der Waals surface area contributed by atoms with Gasteiger partial charge in [0.05, 0.1) is 38.3 Å². The fourth-order valence-corrected chi connectivity index (χ4v) is 4.04. The van der Waals surface area contributed by atoms with Crippen LogP contribution in [0.25, 0.3) is 0 Å². The average Bonchev–Trinajstić information content (AvgIpc) is 3.25. The van der Waals surface area contributed by atoms with Crippen molar-refractivity contribution in [2.75, 3.05) is 37.7 Å². The Hall–Kier alpha value is -3.31. The smallest absolute Gasteiger partial charge is 0.337 e. The van der Waals surface area contributed by atoms with Crippen molar-refractivity contribution in [3.05, 3.63) is 48.0 Å². The van der Waals surface area contributed by atoms with E-state index < -0.39 is 5.97 Å². The van der Waals surface area contributed by atoms with Crippen molar-refractivity contribution in [1.29, 1.82) is 0 Å². The van der Waals surface area contributed by atoms with Crippen LogP contribution in [-0.2, 0) is 9.53 Å². The third kappa shape index (κ3) is 6.09. The lowest BCUT2D eigenvalue weighted by Crippen LogP contribution is -2.14. The number of thioether (sulfide) groups is 1. The number of nitrogens with zero attached hydrogens (tertiary/aromatic N) is 2. The molecule has 3 aromatic rings. The van der Waals surface area contributed by atoms with E-state index in [2.05, 4.69) is 25.6 Å². The summed E-state index contributed by atoms with van der Waals surface area (Å²) in [4.78, 5) is 23.6. The van der Waals surface area contributed by atoms with Crippen molar-refractivity contribution >= 4 is 51.5 Å². The third-order valence-electron chi connectivity index (χ3n) is 3.97. The van der Waals surface area contributed by atoms with Gasteiger partial charge >= 0.3 is 5.97 Å². The Bertz CT molecular complexity index is 1060. The maximum Gasteiger partial charge on any atom is 0.337 e. The molecule has 0 unspecified atom stereocenters. The number of amides is 1. The molecule has 0 aliphatic carbocycles. The highest BCUT2D eigenvalue weighted by atomic mass is 32.2. The van der Waals surface area contributed by atoms with Gasteiger partial charge in [-0.05, 0) is 36.4 Å². The van der Waals surface area contributed by atoms with E-state index in [4.69, 9.17) is 9.47 Å². The summed E-state index contributed by atoms with van der Waals surface area (Å²) in [6.45, 7) is 0. The van der Waals surface area contributed by atoms with E-state index in [1.54, 1.807) is 56.7 Å². The van der Waals surface area contributed by atoms with Gasteiger partial charge in [0, 0.05) is 11.8 Å². The standard InChI is InChI=1S/C20H20N4O5S2/c1-27-14-8-9-16(28-2)15(10-14)22-19-23-24-20(31-19)30-11-17(25)21-13-6-4-12(5-7-13)18(26)29-3/h4-10H,11H2,1-3H3,(H,21,25)(H,22,23). The van der Waals surface area contributed by atoms with E-state index in [-0.39, 0.29) is 11.7 Å². The van der Waals surface area contributed by atoms with Crippen LogP contribution in [0.2, 0.25) is 0 Å². The molecule has 162 valence electrons. The van der Waals surface area contributed by atoms with Gasteiger partial charge in [-0.1, -0.05) is 23.1 Å². The number of aromatic nitrogens is 2. The Kier molecular flexibility index (Phi) is 7.68. The predicted octanol–water partition coefficient (Wildman–Crippen LogP) is 3.82. The second-order valence-electron chi connectivity index (χ2n) is 5.97. The monoisotopic (exact) mass is 460 g/mol. The molecule has 9 nitrogen and oxygen atoms in total. The van der Waals surface area contributed by atoms with E-state index in [1.807, 2.05) is 0 Å². The van der Waals surface area contributed by atoms with Crippen molar-refractivity contribution in [3.8, 4) is 11.5 Å². The average molecular weight is 461 g/mol. The van der Waals surface area contributed by atoms with Crippen LogP contribution < -0.4 is 20.1 Å². The van der Waals surface area contributed by atoms with Gasteiger partial charge in [0.15, 0.2) is 4.34 Å². The van der Waals surface area contributed by atoms with Gasteiger partial charge in [0.1, 0.15) is 11.5 Å². The van der Waals surface area contributed by atoms with E-state index in [0.29, 0.717) is 37.9 Å². The number of methoxy groups -OCH3 is 3. The fraction of sp³-hybridized carbons (Fsp3) is 0.200. The molecule has 0 saturated carbocycles. The zero-order valence-corrected chi connectivity index (χ0v) is 18.6. The van der Waals surface area contributed by atoms with Gasteiger partial charge in [0.2, 0.25) is 11.0 Å². The molecule has 0 aliphatic rings. The van der Waals surface area contributed by atoms with E-state index >= 15 is 0 Å². The Morgan fingerprint density at radius 2 is 1.81 bits per heavy atom. The second kappa shape index (κ2) is 10.6. The van der Waals surface area contributed by atoms with Crippen molar-refractivity contribution in [2.24, 2.45) is 0 Å². The van der Waals surface area contributed by atoms with Crippen LogP contribution in [0.15, 0.2) is 46.8 Å². The zero-order chi connectivity index (χ0) is 22.2. The molecule has 1 aromatic heterocycles. The highest BCUT2D eigenvalue weighted by Crippen LogP contribution is 2.34. The van der Waals surface area contributed by atoms with Crippen LogP contribution >= 0.6 is 23.1 Å². The fourth-order valence-electron chi connectivity index (χ4n) is 2.48. The Morgan fingerprint density at radius 1 is 1.03 bits per heavy atom. The number of ether oxygens (including phenoxy) is 3. The molecular formula is C20H20N4O5S2. The maximum atomic E-state index is 12.2. The summed E-state index contributed by atoms with van der Waals surface area (Å²) in [5.41, 5.74) is 1.70. The molecule has 0 atom stereocenters. The molecule has 0 radical (unpaired) electrons. The number of hydrogen-bond donors (Lipinski definition) is 2. The summed E-state index contributed by atoms with van der Waals surface area (Å²) in [6, 6.07) is 11.8. The summed E-state index contributed by atoms with van der Waals surface area (Å²) in [7, 11) is 4.48. The summed E-state index contributed by atoms with van der Waals surface area (Å²) in [5.74, 6) is 0.854. The van der Waals surface area contributed by atoms with Crippen LogP contribution in [0.1, 0.15) is 10.4 Å². The molecule has 0 fully saturated rings. The third-order valence-corrected chi connectivity index (χ3v) is 5.94. The van der Waals surface area contributed by atoms with E-state index in [1.165, 1.54) is 30.2 Å². The highest BCUT2D eigenvalue weighted by molar-refractivity contribution is 8.01. The molecule has 2 N–H and O–H groups in total. The minimum absolute atomic E-state index is 0.163. The molecule has 2 aromatic carbocycles. The molecule has 31 heavy (non-hydrogen) atoms. The summed E-state index contributed by atoms with van der Waals surface area (Å²) >= 11 is 2.59. The molecule has 1 heterocycles. The number of nitrogens with one attached hydrogen (secondary N) is 2.